The maximum absolute atomic E-state index is 10.4. The Morgan fingerprint density at radius 1 is 1.17 bits per heavy atom. The zero-order chi connectivity index (χ0) is 21.9. The van der Waals surface area contributed by atoms with E-state index < -0.39 is 10.4 Å². The quantitative estimate of drug-likeness (QED) is 0.399. The highest BCUT2D eigenvalue weighted by Crippen LogP contribution is 2.16. The van der Waals surface area contributed by atoms with E-state index in [4.69, 9.17) is 20.8 Å². The summed E-state index contributed by atoms with van der Waals surface area (Å²) in [6.45, 7) is 5.55. The lowest BCUT2D eigenvalue weighted by Gasteiger charge is -2.23. The van der Waals surface area contributed by atoms with E-state index in [2.05, 4.69) is 15.1 Å². The Hall–Kier alpha value is -3.11. The molecular formula is C20H24N4O4S. The summed E-state index contributed by atoms with van der Waals surface area (Å²) in [5.74, 6) is 0. The molecule has 0 aliphatic carbocycles. The largest absolute Gasteiger partial charge is 0.398 e. The second-order valence-corrected chi connectivity index (χ2v) is 7.14. The average Bonchev–Trinajstić information content (AvgIpc) is 2.68. The number of benzene rings is 2. The lowest BCUT2D eigenvalue weighted by Crippen LogP contribution is -2.25. The van der Waals surface area contributed by atoms with Crippen LogP contribution in [0.1, 0.15) is 30.0 Å². The molecule has 0 amide bonds. The molecule has 3 N–H and O–H groups in total. The van der Waals surface area contributed by atoms with Crippen LogP contribution >= 0.6 is 0 Å². The van der Waals surface area contributed by atoms with Crippen LogP contribution in [-0.4, -0.2) is 32.7 Å². The van der Waals surface area contributed by atoms with Gasteiger partial charge < -0.3 is 10.6 Å². The van der Waals surface area contributed by atoms with Gasteiger partial charge in [0.15, 0.2) is 0 Å². The zero-order valence-electron chi connectivity index (χ0n) is 16.4. The zero-order valence-corrected chi connectivity index (χ0v) is 17.2. The fourth-order valence-corrected chi connectivity index (χ4v) is 2.77. The summed E-state index contributed by atoms with van der Waals surface area (Å²) in [6, 6.07) is 16.5. The van der Waals surface area contributed by atoms with Crippen LogP contribution in [0.15, 0.2) is 42.5 Å². The van der Waals surface area contributed by atoms with Gasteiger partial charge in [-0.3, -0.25) is 4.55 Å². The van der Waals surface area contributed by atoms with Crippen molar-refractivity contribution in [2.24, 2.45) is 0 Å². The van der Waals surface area contributed by atoms with Gasteiger partial charge in [-0.1, -0.05) is 12.1 Å². The van der Waals surface area contributed by atoms with Gasteiger partial charge in [-0.2, -0.15) is 18.9 Å². The minimum absolute atomic E-state index is 0.0127. The molecule has 0 bridgehead atoms. The summed E-state index contributed by atoms with van der Waals surface area (Å²) in [6.07, 6.45) is 0.529. The fraction of sp³-hybridized carbons (Fsp3) is 0.300. The molecule has 0 atom stereocenters. The normalized spacial score (nSPS) is 10.2. The Morgan fingerprint density at radius 2 is 1.90 bits per heavy atom. The maximum Gasteiger partial charge on any atom is 0.397 e. The molecule has 0 spiro atoms. The molecule has 0 heterocycles. The second kappa shape index (κ2) is 11.7. The van der Waals surface area contributed by atoms with Gasteiger partial charge in [0.1, 0.15) is 6.07 Å². The van der Waals surface area contributed by atoms with E-state index in [1.54, 1.807) is 12.1 Å². The first-order valence-corrected chi connectivity index (χ1v) is 10.2. The van der Waals surface area contributed by atoms with E-state index >= 15 is 0 Å². The van der Waals surface area contributed by atoms with Crippen molar-refractivity contribution in [2.45, 2.75) is 20.3 Å². The minimum atomic E-state index is -4.32. The van der Waals surface area contributed by atoms with Crippen LogP contribution < -0.4 is 10.6 Å². The van der Waals surface area contributed by atoms with Crippen molar-refractivity contribution >= 4 is 21.8 Å². The van der Waals surface area contributed by atoms with Crippen LogP contribution in [0.4, 0.5) is 11.4 Å². The summed E-state index contributed by atoms with van der Waals surface area (Å²) < 4.78 is 33.5. The topological polar surface area (TPSA) is 140 Å². The van der Waals surface area contributed by atoms with Crippen LogP contribution in [-0.2, 0) is 14.6 Å². The Balaban J connectivity index is 0.000000326. The Morgan fingerprint density at radius 3 is 2.45 bits per heavy atom. The number of nitrogens with zero attached hydrogens (tertiary/aromatic N) is 3. The number of nitrogens with two attached hydrogens (primary N) is 1. The van der Waals surface area contributed by atoms with E-state index in [0.29, 0.717) is 29.8 Å². The third-order valence-corrected chi connectivity index (χ3v) is 4.32. The fourth-order valence-electron chi connectivity index (χ4n) is 2.44. The highest BCUT2D eigenvalue weighted by molar-refractivity contribution is 7.80. The number of nitriles is 2. The van der Waals surface area contributed by atoms with Gasteiger partial charge in [-0.25, -0.2) is 4.18 Å². The molecule has 0 saturated carbocycles. The molecule has 2 aromatic rings. The summed E-state index contributed by atoms with van der Waals surface area (Å²) in [5, 5.41) is 16.9. The van der Waals surface area contributed by atoms with Gasteiger partial charge in [0, 0.05) is 24.5 Å². The lowest BCUT2D eigenvalue weighted by molar-refractivity contribution is 0.266. The smallest absolute Gasteiger partial charge is 0.397 e. The Kier molecular flexibility index (Phi) is 9.63. The van der Waals surface area contributed by atoms with Crippen molar-refractivity contribution in [1.29, 1.82) is 10.5 Å². The van der Waals surface area contributed by atoms with E-state index in [0.717, 1.165) is 12.2 Å². The van der Waals surface area contributed by atoms with Crippen molar-refractivity contribution in [3.05, 3.63) is 59.2 Å². The molecule has 0 radical (unpaired) electrons. The SMILES string of the molecule is CCN(CCCOS(=O)(=O)O)c1cccc(C)c1.N#Cc1ccc(N)c(C#N)c1. The van der Waals surface area contributed by atoms with E-state index in [1.165, 1.54) is 11.6 Å². The molecule has 2 rings (SSSR count). The molecule has 154 valence electrons. The van der Waals surface area contributed by atoms with E-state index in [-0.39, 0.29) is 6.61 Å². The van der Waals surface area contributed by atoms with Crippen molar-refractivity contribution in [3.63, 3.8) is 0 Å². The van der Waals surface area contributed by atoms with Gasteiger partial charge >= 0.3 is 10.4 Å². The van der Waals surface area contributed by atoms with Gasteiger partial charge in [-0.05, 0) is 56.2 Å². The predicted molar refractivity (Wildman–Crippen MR) is 111 cm³/mol. The summed E-state index contributed by atoms with van der Waals surface area (Å²) >= 11 is 0. The highest BCUT2D eigenvalue weighted by atomic mass is 32.3. The Labute approximate surface area is 171 Å². The van der Waals surface area contributed by atoms with Crippen molar-refractivity contribution in [2.75, 3.05) is 30.3 Å². The first-order chi connectivity index (χ1) is 13.7. The molecular weight excluding hydrogens is 392 g/mol. The van der Waals surface area contributed by atoms with Crippen molar-refractivity contribution in [1.82, 2.24) is 0 Å². The minimum Gasteiger partial charge on any atom is -0.398 e. The molecule has 0 aromatic heterocycles. The number of hydrogen-bond acceptors (Lipinski definition) is 7. The molecule has 0 unspecified atom stereocenters. The van der Waals surface area contributed by atoms with Crippen LogP contribution in [0.25, 0.3) is 0 Å². The van der Waals surface area contributed by atoms with Gasteiger partial charge in [0.25, 0.3) is 0 Å². The molecule has 0 aliphatic rings. The molecule has 9 heteroatoms. The third-order valence-electron chi connectivity index (χ3n) is 3.86. The lowest BCUT2D eigenvalue weighted by atomic mass is 10.1. The highest BCUT2D eigenvalue weighted by Gasteiger charge is 2.07. The maximum atomic E-state index is 10.4. The van der Waals surface area contributed by atoms with Crippen LogP contribution in [0, 0.1) is 29.6 Å². The number of hydrogen-bond donors (Lipinski definition) is 2. The molecule has 2 aromatic carbocycles. The van der Waals surface area contributed by atoms with E-state index in [1.807, 2.05) is 44.2 Å². The van der Waals surface area contributed by atoms with Crippen LogP contribution in [0.2, 0.25) is 0 Å². The standard InChI is InChI=1S/C12H19NO4S.C8H5N3/c1-3-13(8-5-9-17-18(14,15)16)12-7-4-6-11(2)10-12;9-4-6-1-2-8(11)7(3-6)5-10/h4,6-7,10H,3,5,8-9H2,1-2H3,(H,14,15,16);1-3H,11H2. The van der Waals surface area contributed by atoms with Gasteiger partial charge in [0.05, 0.1) is 23.8 Å². The third kappa shape index (κ3) is 9.08. The first kappa shape index (κ1) is 23.9. The van der Waals surface area contributed by atoms with Gasteiger partial charge in [-0.15, -0.1) is 0 Å². The number of rotatable bonds is 7. The first-order valence-electron chi connectivity index (χ1n) is 8.83. The molecule has 0 fully saturated rings. The van der Waals surface area contributed by atoms with Crippen molar-refractivity contribution < 1.29 is 17.2 Å². The molecule has 0 aliphatic heterocycles. The summed E-state index contributed by atoms with van der Waals surface area (Å²) in [7, 11) is -4.32. The summed E-state index contributed by atoms with van der Waals surface area (Å²) in [5.41, 5.74) is 8.92. The monoisotopic (exact) mass is 416 g/mol. The van der Waals surface area contributed by atoms with E-state index in [9.17, 15) is 8.42 Å². The van der Waals surface area contributed by atoms with Crippen LogP contribution in [0.3, 0.4) is 0 Å². The average molecular weight is 417 g/mol. The molecule has 0 saturated heterocycles. The molecule has 8 nitrogen and oxygen atoms in total. The van der Waals surface area contributed by atoms with Gasteiger partial charge in [0.2, 0.25) is 0 Å². The molecule has 29 heavy (non-hydrogen) atoms. The number of aryl methyl sites for hydroxylation is 1. The predicted octanol–water partition coefficient (Wildman–Crippen LogP) is 3.04. The summed E-state index contributed by atoms with van der Waals surface area (Å²) in [4.78, 5) is 2.13. The number of nitrogen functional groups attached to an aromatic ring is 1. The number of anilines is 2. The van der Waals surface area contributed by atoms with Crippen LogP contribution in [0.5, 0.6) is 0 Å². The van der Waals surface area contributed by atoms with Crippen molar-refractivity contribution in [3.8, 4) is 12.1 Å². The second-order valence-electron chi connectivity index (χ2n) is 6.05. The Bertz CT molecular complexity index is 994.